The maximum Gasteiger partial charge on any atom is 0.244 e. The topological polar surface area (TPSA) is 80.2 Å². The zero-order valence-electron chi connectivity index (χ0n) is 19.5. The molecule has 1 aliphatic rings. The van der Waals surface area contributed by atoms with Crippen molar-refractivity contribution in [2.24, 2.45) is 4.99 Å². The molecule has 34 heavy (non-hydrogen) atoms. The van der Waals surface area contributed by atoms with Crippen LogP contribution in [0.5, 0.6) is 11.5 Å². The normalized spacial score (nSPS) is 13.0. The van der Waals surface area contributed by atoms with Gasteiger partial charge in [-0.05, 0) is 41.8 Å². The van der Waals surface area contributed by atoms with E-state index >= 15 is 0 Å². The van der Waals surface area contributed by atoms with Gasteiger partial charge in [0.25, 0.3) is 0 Å². The van der Waals surface area contributed by atoms with Crippen LogP contribution >= 0.6 is 0 Å². The minimum Gasteiger partial charge on any atom is -0.497 e. The summed E-state index contributed by atoms with van der Waals surface area (Å²) in [5.41, 5.74) is 4.51. The minimum atomic E-state index is -0.356. The first kappa shape index (κ1) is 23.0. The van der Waals surface area contributed by atoms with Crippen LogP contribution in [0, 0.1) is 0 Å². The van der Waals surface area contributed by atoms with Crippen molar-refractivity contribution in [2.75, 3.05) is 31.0 Å². The third-order valence-electron chi connectivity index (χ3n) is 5.73. The van der Waals surface area contributed by atoms with E-state index in [0.717, 1.165) is 12.0 Å². The average molecular weight is 458 g/mol. The molecule has 0 fully saturated rings. The number of para-hydroxylation sites is 2. The molecule has 7 nitrogen and oxygen atoms in total. The van der Waals surface area contributed by atoms with Gasteiger partial charge in [0.15, 0.2) is 0 Å². The summed E-state index contributed by atoms with van der Waals surface area (Å²) in [4.78, 5) is 32.6. The zero-order chi connectivity index (χ0) is 24.1. The third-order valence-corrected chi connectivity index (χ3v) is 5.73. The van der Waals surface area contributed by atoms with Crippen molar-refractivity contribution in [1.29, 1.82) is 0 Å². The lowest BCUT2D eigenvalue weighted by molar-refractivity contribution is -0.120. The molecule has 0 saturated heterocycles. The third kappa shape index (κ3) is 4.93. The van der Waals surface area contributed by atoms with E-state index in [4.69, 9.17) is 14.5 Å². The van der Waals surface area contributed by atoms with Crippen LogP contribution in [0.1, 0.15) is 24.5 Å². The molecule has 174 valence electrons. The highest BCUT2D eigenvalue weighted by Gasteiger charge is 2.27. The smallest absolute Gasteiger partial charge is 0.244 e. The first-order valence-electron chi connectivity index (χ1n) is 11.1. The van der Waals surface area contributed by atoms with Crippen LogP contribution in [-0.2, 0) is 16.0 Å². The fraction of sp³-hybridized carbons (Fsp3) is 0.222. The largest absolute Gasteiger partial charge is 0.497 e. The van der Waals surface area contributed by atoms with Crippen molar-refractivity contribution >= 4 is 34.6 Å². The van der Waals surface area contributed by atoms with Crippen LogP contribution in [0.15, 0.2) is 71.7 Å². The number of anilines is 2. The van der Waals surface area contributed by atoms with Gasteiger partial charge in [-0.3, -0.25) is 14.6 Å². The van der Waals surface area contributed by atoms with Gasteiger partial charge in [0, 0.05) is 6.07 Å². The number of amides is 2. The number of carbonyl (C=O) groups excluding carboxylic acids is 2. The van der Waals surface area contributed by atoms with Gasteiger partial charge in [0.2, 0.25) is 11.8 Å². The fourth-order valence-corrected chi connectivity index (χ4v) is 3.86. The highest BCUT2D eigenvalue weighted by Crippen LogP contribution is 2.33. The molecular formula is C27H27N3O4. The maximum atomic E-state index is 13.3. The molecular weight excluding hydrogens is 430 g/mol. The van der Waals surface area contributed by atoms with E-state index in [1.807, 2.05) is 42.5 Å². The molecule has 3 aromatic carbocycles. The van der Waals surface area contributed by atoms with Crippen molar-refractivity contribution in [3.8, 4) is 11.5 Å². The van der Waals surface area contributed by atoms with E-state index in [-0.39, 0.29) is 24.8 Å². The van der Waals surface area contributed by atoms with E-state index in [2.05, 4.69) is 12.2 Å². The number of carbonyl (C=O) groups is 2. The second-order valence-electron chi connectivity index (χ2n) is 7.87. The molecule has 3 aromatic rings. The van der Waals surface area contributed by atoms with Crippen molar-refractivity contribution in [3.05, 3.63) is 77.9 Å². The van der Waals surface area contributed by atoms with Gasteiger partial charge in [-0.15, -0.1) is 0 Å². The molecule has 0 saturated carbocycles. The number of nitrogens with one attached hydrogen (secondary N) is 1. The van der Waals surface area contributed by atoms with E-state index < -0.39 is 0 Å². The number of benzene rings is 3. The van der Waals surface area contributed by atoms with Gasteiger partial charge in [0.05, 0.1) is 43.4 Å². The second kappa shape index (κ2) is 10.2. The van der Waals surface area contributed by atoms with Crippen LogP contribution in [0.2, 0.25) is 0 Å². The van der Waals surface area contributed by atoms with E-state index in [0.29, 0.717) is 34.3 Å². The number of ether oxygens (including phenoxy) is 2. The number of methoxy groups -OCH3 is 2. The van der Waals surface area contributed by atoms with Crippen LogP contribution in [-0.4, -0.2) is 38.3 Å². The number of aliphatic imine (C=N–C) groups is 1. The summed E-state index contributed by atoms with van der Waals surface area (Å²) in [6, 6.07) is 20.6. The summed E-state index contributed by atoms with van der Waals surface area (Å²) in [6.45, 7) is 1.94. The monoisotopic (exact) mass is 457 g/mol. The lowest BCUT2D eigenvalue weighted by Gasteiger charge is -2.22. The van der Waals surface area contributed by atoms with Gasteiger partial charge in [-0.25, -0.2) is 0 Å². The SMILES string of the molecule is CCc1ccc(C2=Nc3ccccc3N(CC(=O)Nc3cc(OC)ccc3OC)C(=O)C2)cc1. The van der Waals surface area contributed by atoms with Gasteiger partial charge in [-0.1, -0.05) is 43.3 Å². The Bertz CT molecular complexity index is 1230. The molecule has 0 atom stereocenters. The van der Waals surface area contributed by atoms with Crippen molar-refractivity contribution in [3.63, 3.8) is 0 Å². The lowest BCUT2D eigenvalue weighted by atomic mass is 10.0. The molecule has 0 radical (unpaired) electrons. The second-order valence-corrected chi connectivity index (χ2v) is 7.87. The van der Waals surface area contributed by atoms with Gasteiger partial charge in [0.1, 0.15) is 18.0 Å². The molecule has 2 amide bonds. The summed E-state index contributed by atoms with van der Waals surface area (Å²) in [5.74, 6) is 0.527. The highest BCUT2D eigenvalue weighted by molar-refractivity contribution is 6.19. The Hall–Kier alpha value is -4.13. The summed E-state index contributed by atoms with van der Waals surface area (Å²) in [7, 11) is 3.07. The molecule has 0 aliphatic carbocycles. The summed E-state index contributed by atoms with van der Waals surface area (Å²) in [5, 5.41) is 2.84. The number of hydrogen-bond acceptors (Lipinski definition) is 5. The molecule has 0 aromatic heterocycles. The molecule has 1 N–H and O–H groups in total. The summed E-state index contributed by atoms with van der Waals surface area (Å²) >= 11 is 0. The predicted molar refractivity (Wildman–Crippen MR) is 134 cm³/mol. The Morgan fingerprint density at radius 3 is 2.50 bits per heavy atom. The summed E-state index contributed by atoms with van der Waals surface area (Å²) in [6.07, 6.45) is 1.03. The average Bonchev–Trinajstić information content (AvgIpc) is 3.00. The quantitative estimate of drug-likeness (QED) is 0.555. The molecule has 0 bridgehead atoms. The Morgan fingerprint density at radius 1 is 1.03 bits per heavy atom. The summed E-state index contributed by atoms with van der Waals surface area (Å²) < 4.78 is 10.6. The number of hydrogen-bond donors (Lipinski definition) is 1. The molecule has 1 aliphatic heterocycles. The number of fused-ring (bicyclic) bond motifs is 1. The number of aryl methyl sites for hydroxylation is 1. The molecule has 4 rings (SSSR count). The first-order valence-corrected chi connectivity index (χ1v) is 11.1. The maximum absolute atomic E-state index is 13.3. The molecule has 0 spiro atoms. The number of rotatable bonds is 7. The van der Waals surface area contributed by atoms with Crippen LogP contribution in [0.4, 0.5) is 17.1 Å². The van der Waals surface area contributed by atoms with E-state index in [1.54, 1.807) is 31.4 Å². The lowest BCUT2D eigenvalue weighted by Crippen LogP contribution is -2.38. The van der Waals surface area contributed by atoms with Crippen LogP contribution in [0.3, 0.4) is 0 Å². The Morgan fingerprint density at radius 2 is 1.79 bits per heavy atom. The van der Waals surface area contributed by atoms with Crippen molar-refractivity contribution in [1.82, 2.24) is 0 Å². The number of nitrogens with zero attached hydrogens (tertiary/aromatic N) is 2. The predicted octanol–water partition coefficient (Wildman–Crippen LogP) is 4.76. The first-order chi connectivity index (χ1) is 16.5. The Labute approximate surface area is 199 Å². The molecule has 7 heteroatoms. The fourth-order valence-electron chi connectivity index (χ4n) is 3.86. The Balaban J connectivity index is 1.59. The van der Waals surface area contributed by atoms with E-state index in [9.17, 15) is 9.59 Å². The van der Waals surface area contributed by atoms with Crippen molar-refractivity contribution < 1.29 is 19.1 Å². The van der Waals surface area contributed by atoms with Gasteiger partial charge in [-0.2, -0.15) is 0 Å². The Kier molecular flexibility index (Phi) is 6.92. The highest BCUT2D eigenvalue weighted by atomic mass is 16.5. The van der Waals surface area contributed by atoms with Crippen LogP contribution in [0.25, 0.3) is 0 Å². The van der Waals surface area contributed by atoms with E-state index in [1.165, 1.54) is 17.6 Å². The van der Waals surface area contributed by atoms with Gasteiger partial charge < -0.3 is 19.7 Å². The zero-order valence-corrected chi connectivity index (χ0v) is 19.5. The standard InChI is InChI=1S/C27H27N3O4/c1-4-18-9-11-19(12-10-18)22-16-27(32)30(24-8-6-5-7-21(24)28-22)17-26(31)29-23-15-20(33-2)13-14-25(23)34-3/h5-15H,4,16-17H2,1-3H3,(H,29,31). The van der Waals surface area contributed by atoms with Crippen LogP contribution < -0.4 is 19.7 Å². The molecule has 1 heterocycles. The molecule has 0 unspecified atom stereocenters. The van der Waals surface area contributed by atoms with Crippen molar-refractivity contribution in [2.45, 2.75) is 19.8 Å². The minimum absolute atomic E-state index is 0.0932. The van der Waals surface area contributed by atoms with Gasteiger partial charge >= 0.3 is 0 Å².